The summed E-state index contributed by atoms with van der Waals surface area (Å²) in [5, 5.41) is 6.98. The van der Waals surface area contributed by atoms with Crippen LogP contribution in [0.3, 0.4) is 0 Å². The molecule has 1 aliphatic rings. The zero-order valence-electron chi connectivity index (χ0n) is 6.12. The van der Waals surface area contributed by atoms with Gasteiger partial charge in [0.1, 0.15) is 0 Å². The number of rotatable bonds is 1. The van der Waals surface area contributed by atoms with Gasteiger partial charge in [0.25, 0.3) is 0 Å². The van der Waals surface area contributed by atoms with Crippen molar-refractivity contribution in [3.63, 3.8) is 0 Å². The molecule has 0 aromatic carbocycles. The molecular formula is C7H11ClN2O. The van der Waals surface area contributed by atoms with Crippen LogP contribution in [0.4, 0.5) is 0 Å². The lowest BCUT2D eigenvalue weighted by molar-refractivity contribution is 0.351. The lowest BCUT2D eigenvalue weighted by Gasteiger charge is -2.02. The van der Waals surface area contributed by atoms with Crippen LogP contribution in [0.15, 0.2) is 16.8 Å². The Bertz CT molecular complexity index is 194. The second kappa shape index (κ2) is 3.74. The summed E-state index contributed by atoms with van der Waals surface area (Å²) in [7, 11) is 0. The highest BCUT2D eigenvalue weighted by molar-refractivity contribution is 5.85. The predicted octanol–water partition coefficient (Wildman–Crippen LogP) is 1.52. The zero-order valence-corrected chi connectivity index (χ0v) is 6.93. The molecule has 4 heteroatoms. The van der Waals surface area contributed by atoms with Crippen molar-refractivity contribution >= 4 is 12.4 Å². The average Bonchev–Trinajstić information content (AvgIpc) is 2.59. The number of hydrogen-bond acceptors (Lipinski definition) is 3. The Labute approximate surface area is 71.6 Å². The molecule has 3 nitrogen and oxygen atoms in total. The maximum absolute atomic E-state index is 5.00. The van der Waals surface area contributed by atoms with Crippen LogP contribution in [0.5, 0.6) is 0 Å². The van der Waals surface area contributed by atoms with Crippen LogP contribution in [0, 0.1) is 0 Å². The maximum Gasteiger partial charge on any atom is 0.153 e. The van der Waals surface area contributed by atoms with E-state index in [0.717, 1.165) is 12.3 Å². The molecule has 0 spiro atoms. The van der Waals surface area contributed by atoms with E-state index >= 15 is 0 Å². The third kappa shape index (κ3) is 1.73. The largest absolute Gasteiger partial charge is 0.360 e. The van der Waals surface area contributed by atoms with Crippen LogP contribution >= 0.6 is 12.4 Å². The number of hydrogen-bond donors (Lipinski definition) is 1. The first kappa shape index (κ1) is 8.56. The number of aromatic nitrogens is 1. The molecule has 2 heterocycles. The van der Waals surface area contributed by atoms with Gasteiger partial charge in [0.05, 0.1) is 12.2 Å². The third-order valence-electron chi connectivity index (χ3n) is 1.86. The van der Waals surface area contributed by atoms with Crippen LogP contribution in [-0.2, 0) is 0 Å². The van der Waals surface area contributed by atoms with Gasteiger partial charge in [-0.05, 0) is 19.4 Å². The monoisotopic (exact) mass is 174 g/mol. The summed E-state index contributed by atoms with van der Waals surface area (Å²) in [6.07, 6.45) is 4.11. The topological polar surface area (TPSA) is 38.1 Å². The van der Waals surface area contributed by atoms with Gasteiger partial charge in [-0.2, -0.15) is 0 Å². The molecule has 0 bridgehead atoms. The second-order valence-electron chi connectivity index (χ2n) is 2.56. The Morgan fingerprint density at radius 3 is 3.09 bits per heavy atom. The van der Waals surface area contributed by atoms with Crippen LogP contribution in [-0.4, -0.2) is 11.7 Å². The molecule has 1 fully saturated rings. The van der Waals surface area contributed by atoms with E-state index < -0.39 is 0 Å². The fraction of sp³-hybridized carbons (Fsp3) is 0.571. The SMILES string of the molecule is Cl.c1cc([C@H]2CCCN2)on1. The summed E-state index contributed by atoms with van der Waals surface area (Å²) in [5.74, 6) is 0.970. The van der Waals surface area contributed by atoms with E-state index in [4.69, 9.17) is 4.52 Å². The maximum atomic E-state index is 5.00. The summed E-state index contributed by atoms with van der Waals surface area (Å²) in [6.45, 7) is 1.10. The first-order valence-electron chi connectivity index (χ1n) is 3.61. The fourth-order valence-electron chi connectivity index (χ4n) is 1.33. The smallest absolute Gasteiger partial charge is 0.153 e. The highest BCUT2D eigenvalue weighted by Gasteiger charge is 2.18. The quantitative estimate of drug-likeness (QED) is 0.702. The molecule has 1 aliphatic heterocycles. The standard InChI is InChI=1S/C7H10N2O.ClH/c1-2-6(8-4-1)7-3-5-9-10-7;/h3,5-6,8H,1-2,4H2;1H/t6-;/m1./s1. The first-order valence-corrected chi connectivity index (χ1v) is 3.61. The molecule has 1 aromatic rings. The molecule has 1 saturated heterocycles. The van der Waals surface area contributed by atoms with Gasteiger partial charge in [-0.3, -0.25) is 0 Å². The van der Waals surface area contributed by atoms with Crippen molar-refractivity contribution < 1.29 is 4.52 Å². The highest BCUT2D eigenvalue weighted by Crippen LogP contribution is 2.21. The van der Waals surface area contributed by atoms with Crippen molar-refractivity contribution in [3.05, 3.63) is 18.0 Å². The number of nitrogens with zero attached hydrogens (tertiary/aromatic N) is 1. The van der Waals surface area contributed by atoms with Gasteiger partial charge in [0, 0.05) is 6.07 Å². The van der Waals surface area contributed by atoms with E-state index in [1.165, 1.54) is 12.8 Å². The number of halogens is 1. The predicted molar refractivity (Wildman–Crippen MR) is 43.7 cm³/mol. The molecule has 1 aromatic heterocycles. The molecule has 62 valence electrons. The number of nitrogens with one attached hydrogen (secondary N) is 1. The minimum atomic E-state index is 0. The van der Waals surface area contributed by atoms with E-state index in [2.05, 4.69) is 10.5 Å². The molecule has 1 atom stereocenters. The van der Waals surface area contributed by atoms with Gasteiger partial charge in [-0.1, -0.05) is 5.16 Å². The summed E-state index contributed by atoms with van der Waals surface area (Å²) in [6, 6.07) is 2.34. The van der Waals surface area contributed by atoms with Crippen LogP contribution in [0.2, 0.25) is 0 Å². The van der Waals surface area contributed by atoms with Gasteiger partial charge in [0.2, 0.25) is 0 Å². The molecule has 0 unspecified atom stereocenters. The van der Waals surface area contributed by atoms with E-state index in [-0.39, 0.29) is 12.4 Å². The molecule has 0 amide bonds. The van der Waals surface area contributed by atoms with E-state index in [1.54, 1.807) is 6.20 Å². The van der Waals surface area contributed by atoms with Crippen molar-refractivity contribution in [2.24, 2.45) is 0 Å². The normalized spacial score (nSPS) is 23.1. The van der Waals surface area contributed by atoms with Gasteiger partial charge >= 0.3 is 0 Å². The minimum Gasteiger partial charge on any atom is -0.360 e. The lowest BCUT2D eigenvalue weighted by Crippen LogP contribution is -2.11. The Balaban J connectivity index is 0.000000605. The Hall–Kier alpha value is -0.540. The van der Waals surface area contributed by atoms with Crippen molar-refractivity contribution in [3.8, 4) is 0 Å². The molecular weight excluding hydrogens is 164 g/mol. The van der Waals surface area contributed by atoms with Crippen molar-refractivity contribution in [2.75, 3.05) is 6.54 Å². The molecule has 1 N–H and O–H groups in total. The Morgan fingerprint density at radius 2 is 2.55 bits per heavy atom. The summed E-state index contributed by atoms with van der Waals surface area (Å²) in [5.41, 5.74) is 0. The highest BCUT2D eigenvalue weighted by atomic mass is 35.5. The Morgan fingerprint density at radius 1 is 1.64 bits per heavy atom. The fourth-order valence-corrected chi connectivity index (χ4v) is 1.33. The van der Waals surface area contributed by atoms with Crippen LogP contribution in [0.25, 0.3) is 0 Å². The van der Waals surface area contributed by atoms with Gasteiger partial charge in [-0.15, -0.1) is 12.4 Å². The zero-order chi connectivity index (χ0) is 6.81. The first-order chi connectivity index (χ1) is 4.97. The van der Waals surface area contributed by atoms with Crippen LogP contribution in [0.1, 0.15) is 24.6 Å². The van der Waals surface area contributed by atoms with Crippen LogP contribution < -0.4 is 5.32 Å². The third-order valence-corrected chi connectivity index (χ3v) is 1.86. The molecule has 2 rings (SSSR count). The van der Waals surface area contributed by atoms with E-state index in [9.17, 15) is 0 Å². The van der Waals surface area contributed by atoms with E-state index in [0.29, 0.717) is 6.04 Å². The van der Waals surface area contributed by atoms with Crippen molar-refractivity contribution in [2.45, 2.75) is 18.9 Å². The summed E-state index contributed by atoms with van der Waals surface area (Å²) in [4.78, 5) is 0. The minimum absolute atomic E-state index is 0. The van der Waals surface area contributed by atoms with Gasteiger partial charge in [0.15, 0.2) is 5.76 Å². The van der Waals surface area contributed by atoms with E-state index in [1.807, 2.05) is 6.07 Å². The van der Waals surface area contributed by atoms with Crippen molar-refractivity contribution in [1.29, 1.82) is 0 Å². The Kier molecular flexibility index (Phi) is 2.91. The van der Waals surface area contributed by atoms with Gasteiger partial charge < -0.3 is 9.84 Å². The molecule has 0 aliphatic carbocycles. The second-order valence-corrected chi connectivity index (χ2v) is 2.56. The molecule has 0 radical (unpaired) electrons. The summed E-state index contributed by atoms with van der Waals surface area (Å²) < 4.78 is 5.00. The molecule has 0 saturated carbocycles. The molecule has 11 heavy (non-hydrogen) atoms. The lowest BCUT2D eigenvalue weighted by atomic mass is 10.2. The van der Waals surface area contributed by atoms with Gasteiger partial charge in [-0.25, -0.2) is 0 Å². The van der Waals surface area contributed by atoms with Crippen molar-refractivity contribution in [1.82, 2.24) is 10.5 Å². The summed E-state index contributed by atoms with van der Waals surface area (Å²) >= 11 is 0. The average molecular weight is 175 g/mol.